The molecule has 0 heterocycles. The van der Waals surface area contributed by atoms with Crippen LogP contribution in [0.2, 0.25) is 12.1 Å². The van der Waals surface area contributed by atoms with Crippen LogP contribution in [-0.4, -0.2) is 124 Å². The van der Waals surface area contributed by atoms with Gasteiger partial charge in [0.25, 0.3) is 0 Å². The van der Waals surface area contributed by atoms with Gasteiger partial charge in [0.2, 0.25) is 0 Å². The van der Waals surface area contributed by atoms with Crippen molar-refractivity contribution in [2.75, 3.05) is 97.0 Å². The first-order chi connectivity index (χ1) is 29.9. The summed E-state index contributed by atoms with van der Waals surface area (Å²) in [4.78, 5) is 0. The zero-order valence-electron chi connectivity index (χ0n) is 45.4. The normalized spacial score (nSPS) is 12.2. The van der Waals surface area contributed by atoms with Crippen LogP contribution in [-0.2, 0) is 26.6 Å². The highest BCUT2D eigenvalue weighted by Crippen LogP contribution is 2.20. The van der Waals surface area contributed by atoms with Crippen LogP contribution in [0.4, 0.5) is 0 Å². The number of rotatable bonds is 48. The second-order valence-electron chi connectivity index (χ2n) is 20.2. The SMILES string of the molecule is CCCCCCCCCCCCCCCCCC[N+](C)(C)CCC[Si](OC)(OC)OC.CCCCCCCCCCCCCCCCCC[N+](C)(C)CCC[Si](OC)(OC)OC.[Cl-].[Cl-]. The van der Waals surface area contributed by atoms with Gasteiger partial charge >= 0.3 is 17.6 Å². The lowest BCUT2D eigenvalue weighted by Gasteiger charge is -2.31. The van der Waals surface area contributed by atoms with Crippen LogP contribution in [0.3, 0.4) is 0 Å². The highest BCUT2D eigenvalue weighted by atomic mass is 35.5. The molecule has 0 aliphatic heterocycles. The summed E-state index contributed by atoms with van der Waals surface area (Å²) in [5, 5.41) is 0. The number of halogens is 2. The lowest BCUT2D eigenvalue weighted by atomic mass is 10.0. The number of quaternary nitrogens is 2. The molecule has 0 aliphatic rings. The average molecular weight is 993 g/mol. The molecule has 0 radical (unpaired) electrons. The molecule has 0 amide bonds. The zero-order chi connectivity index (χ0) is 46.5. The average Bonchev–Trinajstić information content (AvgIpc) is 3.27. The minimum Gasteiger partial charge on any atom is -1.00 e. The highest BCUT2D eigenvalue weighted by molar-refractivity contribution is 6.60. The molecule has 0 aromatic carbocycles. The van der Waals surface area contributed by atoms with E-state index in [4.69, 9.17) is 26.6 Å². The van der Waals surface area contributed by atoms with E-state index in [0.717, 1.165) is 47.0 Å². The Labute approximate surface area is 417 Å². The summed E-state index contributed by atoms with van der Waals surface area (Å²) in [5.41, 5.74) is 0. The molecule has 0 spiro atoms. The largest absolute Gasteiger partial charge is 1.00 e. The van der Waals surface area contributed by atoms with Gasteiger partial charge in [0.1, 0.15) is 0 Å². The van der Waals surface area contributed by atoms with Crippen LogP contribution in [0.15, 0.2) is 0 Å². The molecule has 0 atom stereocenters. The van der Waals surface area contributed by atoms with Gasteiger partial charge in [0, 0.05) is 67.6 Å². The van der Waals surface area contributed by atoms with E-state index in [9.17, 15) is 0 Å². The van der Waals surface area contributed by atoms with Gasteiger partial charge in [0.15, 0.2) is 0 Å². The molecule has 0 fully saturated rings. The van der Waals surface area contributed by atoms with Crippen LogP contribution >= 0.6 is 0 Å². The molecule has 0 aliphatic carbocycles. The van der Waals surface area contributed by atoms with Crippen molar-refractivity contribution in [3.63, 3.8) is 0 Å². The molecule has 0 aromatic heterocycles. The molecule has 0 rings (SSSR count). The molecular formula is C52H116Cl2N2O6Si2. The Morgan fingerprint density at radius 2 is 0.406 bits per heavy atom. The van der Waals surface area contributed by atoms with Crippen LogP contribution in [0.25, 0.3) is 0 Å². The first-order valence-corrected chi connectivity index (χ1v) is 30.7. The second kappa shape index (κ2) is 50.1. The van der Waals surface area contributed by atoms with E-state index in [0.29, 0.717) is 0 Å². The van der Waals surface area contributed by atoms with Gasteiger partial charge in [0.05, 0.1) is 54.4 Å². The smallest absolute Gasteiger partial charge is 0.500 e. The standard InChI is InChI=1S/2C26H58NO3Si.2ClH/c2*1-7-8-9-10-11-12-13-14-15-16-17-18-19-20-21-22-24-27(2,3)25-23-26-31(28-4,29-5)30-6;;/h2*7-26H2,1-6H3;2*1H/q2*+1;;/p-2. The lowest BCUT2D eigenvalue weighted by molar-refractivity contribution is -0.890. The number of hydrogen-bond donors (Lipinski definition) is 0. The van der Waals surface area contributed by atoms with Crippen molar-refractivity contribution in [3.8, 4) is 0 Å². The van der Waals surface area contributed by atoms with Crippen molar-refractivity contribution in [1.29, 1.82) is 0 Å². The van der Waals surface area contributed by atoms with Gasteiger partial charge in [-0.05, 0) is 25.7 Å². The van der Waals surface area contributed by atoms with E-state index < -0.39 is 17.6 Å². The highest BCUT2D eigenvalue weighted by Gasteiger charge is 2.38. The number of nitrogens with zero attached hydrogens (tertiary/aromatic N) is 2. The van der Waals surface area contributed by atoms with E-state index in [2.05, 4.69) is 42.0 Å². The van der Waals surface area contributed by atoms with Gasteiger partial charge < -0.3 is 60.3 Å². The Hall–Kier alpha value is 0.694. The van der Waals surface area contributed by atoms with E-state index in [1.807, 2.05) is 0 Å². The fourth-order valence-electron chi connectivity index (χ4n) is 8.96. The van der Waals surface area contributed by atoms with Crippen molar-refractivity contribution in [1.82, 2.24) is 0 Å². The third-order valence-electron chi connectivity index (χ3n) is 13.6. The predicted octanol–water partition coefficient (Wildman–Crippen LogP) is 9.19. The fourth-order valence-corrected chi connectivity index (χ4v) is 12.4. The van der Waals surface area contributed by atoms with Crippen molar-refractivity contribution in [3.05, 3.63) is 0 Å². The lowest BCUT2D eigenvalue weighted by Crippen LogP contribution is -3.00. The van der Waals surface area contributed by atoms with E-state index in [-0.39, 0.29) is 24.8 Å². The topological polar surface area (TPSA) is 55.4 Å². The van der Waals surface area contributed by atoms with Crippen molar-refractivity contribution in [2.45, 2.75) is 244 Å². The molecule has 0 N–H and O–H groups in total. The Bertz CT molecular complexity index is 818. The van der Waals surface area contributed by atoms with Gasteiger partial charge in [-0.3, -0.25) is 0 Å². The summed E-state index contributed by atoms with van der Waals surface area (Å²) in [6.45, 7) is 9.43. The maximum absolute atomic E-state index is 5.53. The molecule has 0 saturated carbocycles. The van der Waals surface area contributed by atoms with Gasteiger partial charge in [-0.15, -0.1) is 0 Å². The quantitative estimate of drug-likeness (QED) is 0.0345. The summed E-state index contributed by atoms with van der Waals surface area (Å²) in [6.07, 6.45) is 48.0. The Kier molecular flexibility index (Phi) is 55.8. The summed E-state index contributed by atoms with van der Waals surface area (Å²) in [6, 6.07) is 1.80. The van der Waals surface area contributed by atoms with Crippen molar-refractivity contribution < 1.29 is 60.3 Å². The van der Waals surface area contributed by atoms with E-state index in [1.54, 1.807) is 42.7 Å². The fraction of sp³-hybridized carbons (Fsp3) is 1.00. The van der Waals surface area contributed by atoms with Crippen molar-refractivity contribution >= 4 is 17.6 Å². The van der Waals surface area contributed by atoms with Crippen molar-refractivity contribution in [2.24, 2.45) is 0 Å². The summed E-state index contributed by atoms with van der Waals surface area (Å²) in [5.74, 6) is 0. The molecule has 0 aromatic rings. The summed E-state index contributed by atoms with van der Waals surface area (Å²) in [7, 11) is 14.8. The monoisotopic (exact) mass is 991 g/mol. The van der Waals surface area contributed by atoms with Crippen LogP contribution in [0.1, 0.15) is 232 Å². The second-order valence-corrected chi connectivity index (χ2v) is 26.4. The number of hydrogen-bond acceptors (Lipinski definition) is 6. The third-order valence-corrected chi connectivity index (χ3v) is 19.3. The Morgan fingerprint density at radius 3 is 0.578 bits per heavy atom. The van der Waals surface area contributed by atoms with Crippen LogP contribution in [0, 0.1) is 0 Å². The maximum Gasteiger partial charge on any atom is 0.500 e. The zero-order valence-corrected chi connectivity index (χ0v) is 48.9. The summed E-state index contributed by atoms with van der Waals surface area (Å²) < 4.78 is 35.4. The minimum absolute atomic E-state index is 0. The molecule has 0 unspecified atom stereocenters. The molecule has 12 heteroatoms. The van der Waals surface area contributed by atoms with E-state index >= 15 is 0 Å². The minimum atomic E-state index is -2.40. The summed E-state index contributed by atoms with van der Waals surface area (Å²) >= 11 is 0. The molecule has 64 heavy (non-hydrogen) atoms. The molecule has 8 nitrogen and oxygen atoms in total. The first kappa shape index (κ1) is 71.2. The number of unbranched alkanes of at least 4 members (excludes halogenated alkanes) is 30. The molecule has 0 bridgehead atoms. The first-order valence-electron chi connectivity index (χ1n) is 26.8. The van der Waals surface area contributed by atoms with E-state index in [1.165, 1.54) is 219 Å². The Balaban J connectivity index is -0.000000545. The van der Waals surface area contributed by atoms with Gasteiger partial charge in [-0.25, -0.2) is 0 Å². The molecule has 0 saturated heterocycles. The maximum atomic E-state index is 5.53. The third kappa shape index (κ3) is 45.2. The van der Waals surface area contributed by atoms with Gasteiger partial charge in [-0.2, -0.15) is 0 Å². The molecule has 392 valence electrons. The van der Waals surface area contributed by atoms with Crippen LogP contribution in [0.5, 0.6) is 0 Å². The predicted molar refractivity (Wildman–Crippen MR) is 275 cm³/mol. The van der Waals surface area contributed by atoms with Crippen LogP contribution < -0.4 is 24.8 Å². The van der Waals surface area contributed by atoms with Gasteiger partial charge in [-0.1, -0.05) is 194 Å². The Morgan fingerprint density at radius 1 is 0.250 bits per heavy atom. The molecular weight excluding hydrogens is 876 g/mol.